The van der Waals surface area contributed by atoms with E-state index in [0.29, 0.717) is 12.6 Å². The maximum absolute atomic E-state index is 12.1. The number of ether oxygens (including phenoxy) is 1. The Kier molecular flexibility index (Phi) is 5.40. The number of alkyl halides is 3. The van der Waals surface area contributed by atoms with Gasteiger partial charge in [-0.05, 0) is 36.9 Å². The Morgan fingerprint density at radius 3 is 2.52 bits per heavy atom. The van der Waals surface area contributed by atoms with Crippen LogP contribution in [0.15, 0.2) is 24.3 Å². The predicted molar refractivity (Wildman–Crippen MR) is 78.4 cm³/mol. The molecule has 0 spiro atoms. The number of hydrogen-bond donors (Lipinski definition) is 1. The Morgan fingerprint density at radius 1 is 1.38 bits per heavy atom. The lowest BCUT2D eigenvalue weighted by atomic mass is 10.0. The van der Waals surface area contributed by atoms with Gasteiger partial charge in [-0.1, -0.05) is 12.1 Å². The van der Waals surface area contributed by atoms with Gasteiger partial charge in [-0.15, -0.1) is 13.2 Å². The zero-order valence-electron chi connectivity index (χ0n) is 11.8. The first-order valence-corrected chi connectivity index (χ1v) is 7.91. The molecule has 1 fully saturated rings. The zero-order valence-corrected chi connectivity index (χ0v) is 12.6. The van der Waals surface area contributed by atoms with E-state index < -0.39 is 6.36 Å². The quantitative estimate of drug-likeness (QED) is 0.905. The molecular formula is C14H19F3N2OS. The van der Waals surface area contributed by atoms with Crippen LogP contribution >= 0.6 is 11.8 Å². The van der Waals surface area contributed by atoms with Gasteiger partial charge >= 0.3 is 6.36 Å². The van der Waals surface area contributed by atoms with Crippen molar-refractivity contribution in [3.05, 3.63) is 29.8 Å². The van der Waals surface area contributed by atoms with Crippen molar-refractivity contribution in [3.63, 3.8) is 0 Å². The van der Waals surface area contributed by atoms with Crippen molar-refractivity contribution in [2.45, 2.75) is 24.9 Å². The minimum absolute atomic E-state index is 0.00800. The topological polar surface area (TPSA) is 38.5 Å². The molecule has 7 heteroatoms. The second kappa shape index (κ2) is 6.89. The third-order valence-electron chi connectivity index (χ3n) is 3.69. The van der Waals surface area contributed by atoms with Crippen molar-refractivity contribution in [2.75, 3.05) is 25.1 Å². The van der Waals surface area contributed by atoms with E-state index >= 15 is 0 Å². The molecule has 2 rings (SSSR count). The third-order valence-corrected chi connectivity index (χ3v) is 4.84. The van der Waals surface area contributed by atoms with Crippen LogP contribution in [0.3, 0.4) is 0 Å². The maximum Gasteiger partial charge on any atom is 0.573 e. The van der Waals surface area contributed by atoms with Crippen molar-refractivity contribution < 1.29 is 17.9 Å². The molecule has 1 saturated heterocycles. The van der Waals surface area contributed by atoms with Crippen molar-refractivity contribution in [2.24, 2.45) is 5.73 Å². The molecule has 3 nitrogen and oxygen atoms in total. The molecule has 2 unspecified atom stereocenters. The fraction of sp³-hybridized carbons (Fsp3) is 0.571. The van der Waals surface area contributed by atoms with E-state index in [2.05, 4.69) is 9.64 Å². The van der Waals surface area contributed by atoms with E-state index in [1.807, 2.05) is 18.8 Å². The van der Waals surface area contributed by atoms with E-state index in [9.17, 15) is 13.2 Å². The monoisotopic (exact) mass is 320 g/mol. The van der Waals surface area contributed by atoms with Gasteiger partial charge in [-0.2, -0.15) is 11.8 Å². The van der Waals surface area contributed by atoms with Crippen molar-refractivity contribution in [3.8, 4) is 5.75 Å². The summed E-state index contributed by atoms with van der Waals surface area (Å²) in [6.07, 6.45) is -3.54. The highest BCUT2D eigenvalue weighted by Gasteiger charge is 2.31. The van der Waals surface area contributed by atoms with Crippen LogP contribution in [0.1, 0.15) is 18.0 Å². The van der Waals surface area contributed by atoms with Crippen LogP contribution < -0.4 is 10.5 Å². The van der Waals surface area contributed by atoms with Crippen molar-refractivity contribution in [1.82, 2.24) is 4.90 Å². The van der Waals surface area contributed by atoms with Crippen LogP contribution in [0, 0.1) is 0 Å². The van der Waals surface area contributed by atoms with E-state index in [4.69, 9.17) is 5.73 Å². The van der Waals surface area contributed by atoms with Crippen LogP contribution in [0.25, 0.3) is 0 Å². The number of rotatable bonds is 5. The fourth-order valence-corrected chi connectivity index (χ4v) is 3.81. The lowest BCUT2D eigenvalue weighted by Gasteiger charge is -2.32. The SMILES string of the molecule is CN(C1CCSC1)C(CN)c1ccc(OC(F)(F)F)cc1. The second-order valence-electron chi connectivity index (χ2n) is 5.05. The van der Waals surface area contributed by atoms with Crippen LogP contribution in [-0.2, 0) is 0 Å². The molecule has 1 aromatic carbocycles. The summed E-state index contributed by atoms with van der Waals surface area (Å²) in [7, 11) is 2.02. The highest BCUT2D eigenvalue weighted by Crippen LogP contribution is 2.30. The fourth-order valence-electron chi connectivity index (χ4n) is 2.53. The van der Waals surface area contributed by atoms with E-state index in [-0.39, 0.29) is 11.8 Å². The molecule has 2 N–H and O–H groups in total. The normalized spacial score (nSPS) is 20.8. The van der Waals surface area contributed by atoms with Crippen LogP contribution in [-0.4, -0.2) is 42.4 Å². The Bertz CT molecular complexity index is 447. The van der Waals surface area contributed by atoms with Crippen molar-refractivity contribution >= 4 is 11.8 Å². The number of halogens is 3. The number of nitrogens with zero attached hydrogens (tertiary/aromatic N) is 1. The molecule has 0 aromatic heterocycles. The van der Waals surface area contributed by atoms with Gasteiger partial charge in [-0.25, -0.2) is 0 Å². The molecule has 21 heavy (non-hydrogen) atoms. The largest absolute Gasteiger partial charge is 0.573 e. The van der Waals surface area contributed by atoms with Crippen LogP contribution in [0.2, 0.25) is 0 Å². The molecular weight excluding hydrogens is 301 g/mol. The summed E-state index contributed by atoms with van der Waals surface area (Å²) < 4.78 is 40.3. The molecule has 0 aliphatic carbocycles. The molecule has 1 aromatic rings. The van der Waals surface area contributed by atoms with E-state index in [0.717, 1.165) is 23.5 Å². The van der Waals surface area contributed by atoms with Gasteiger partial charge in [0, 0.05) is 24.4 Å². The molecule has 0 radical (unpaired) electrons. The zero-order chi connectivity index (χ0) is 15.5. The first-order valence-electron chi connectivity index (χ1n) is 6.76. The van der Waals surface area contributed by atoms with Crippen LogP contribution in [0.4, 0.5) is 13.2 Å². The highest BCUT2D eigenvalue weighted by atomic mass is 32.2. The summed E-state index contributed by atoms with van der Waals surface area (Å²) in [6, 6.07) is 6.45. The maximum atomic E-state index is 12.1. The first-order chi connectivity index (χ1) is 9.90. The van der Waals surface area contributed by atoms with Gasteiger partial charge in [0.25, 0.3) is 0 Å². The molecule has 0 bridgehead atoms. The van der Waals surface area contributed by atoms with Gasteiger partial charge in [-0.3, -0.25) is 4.90 Å². The average molecular weight is 320 g/mol. The molecule has 0 amide bonds. The molecule has 1 aliphatic heterocycles. The summed E-state index contributed by atoms with van der Waals surface area (Å²) in [5.41, 5.74) is 6.76. The van der Waals surface area contributed by atoms with Crippen molar-refractivity contribution in [1.29, 1.82) is 0 Å². The minimum Gasteiger partial charge on any atom is -0.406 e. The standard InChI is InChI=1S/C14H19F3N2OS/c1-19(11-6-7-21-9-11)13(8-18)10-2-4-12(5-3-10)20-14(15,16)17/h2-5,11,13H,6-9,18H2,1H3. The molecule has 2 atom stereocenters. The summed E-state index contributed by atoms with van der Waals surface area (Å²) in [6.45, 7) is 0.428. The predicted octanol–water partition coefficient (Wildman–Crippen LogP) is 3.02. The molecule has 0 saturated carbocycles. The summed E-state index contributed by atoms with van der Waals surface area (Å²) in [5, 5.41) is 0. The average Bonchev–Trinajstić information content (AvgIpc) is 2.93. The van der Waals surface area contributed by atoms with Gasteiger partial charge in [0.05, 0.1) is 0 Å². The van der Waals surface area contributed by atoms with Gasteiger partial charge in [0.2, 0.25) is 0 Å². The highest BCUT2D eigenvalue weighted by molar-refractivity contribution is 7.99. The Balaban J connectivity index is 2.07. The van der Waals surface area contributed by atoms with Gasteiger partial charge < -0.3 is 10.5 Å². The number of thioether (sulfide) groups is 1. The Labute approximate surface area is 126 Å². The Hall–Kier alpha value is -0.920. The lowest BCUT2D eigenvalue weighted by Crippen LogP contribution is -2.38. The molecule has 1 aliphatic rings. The number of likely N-dealkylation sites (N-methyl/N-ethyl adjacent to an activating group) is 1. The summed E-state index contributed by atoms with van der Waals surface area (Å²) in [4.78, 5) is 2.22. The summed E-state index contributed by atoms with van der Waals surface area (Å²) in [5.74, 6) is 2.01. The van der Waals surface area contributed by atoms with Gasteiger partial charge in [0.15, 0.2) is 0 Å². The first kappa shape index (κ1) is 16.5. The lowest BCUT2D eigenvalue weighted by molar-refractivity contribution is -0.274. The number of hydrogen-bond acceptors (Lipinski definition) is 4. The van der Waals surface area contributed by atoms with E-state index in [1.165, 1.54) is 12.1 Å². The number of benzene rings is 1. The Morgan fingerprint density at radius 2 is 2.05 bits per heavy atom. The smallest absolute Gasteiger partial charge is 0.406 e. The van der Waals surface area contributed by atoms with Crippen LogP contribution in [0.5, 0.6) is 5.75 Å². The second-order valence-corrected chi connectivity index (χ2v) is 6.20. The van der Waals surface area contributed by atoms with Gasteiger partial charge in [0.1, 0.15) is 5.75 Å². The minimum atomic E-state index is -4.66. The van der Waals surface area contributed by atoms with E-state index in [1.54, 1.807) is 12.1 Å². The molecule has 1 heterocycles. The summed E-state index contributed by atoms with van der Waals surface area (Å²) >= 11 is 1.91. The molecule has 118 valence electrons. The third kappa shape index (κ3) is 4.52. The number of nitrogens with two attached hydrogens (primary N) is 1.